The summed E-state index contributed by atoms with van der Waals surface area (Å²) in [7, 11) is -3.59. The van der Waals surface area contributed by atoms with Gasteiger partial charge >= 0.3 is 0 Å². The average molecular weight is 319 g/mol. The van der Waals surface area contributed by atoms with Crippen LogP contribution in [0.2, 0.25) is 0 Å². The highest BCUT2D eigenvalue weighted by Gasteiger charge is 2.18. The quantitative estimate of drug-likeness (QED) is 0.823. The molecule has 0 aliphatic carbocycles. The highest BCUT2D eigenvalue weighted by atomic mass is 32.2. The monoisotopic (exact) mass is 319 g/mol. The van der Waals surface area contributed by atoms with E-state index in [4.69, 9.17) is 0 Å². The van der Waals surface area contributed by atoms with E-state index in [0.29, 0.717) is 6.42 Å². The van der Waals surface area contributed by atoms with Crippen LogP contribution in [0.3, 0.4) is 0 Å². The Bertz CT molecular complexity index is 702. The summed E-state index contributed by atoms with van der Waals surface area (Å²) in [4.78, 5) is 4.26. The van der Waals surface area contributed by atoms with E-state index < -0.39 is 10.2 Å². The fourth-order valence-corrected chi connectivity index (χ4v) is 3.21. The van der Waals surface area contributed by atoms with E-state index in [1.54, 1.807) is 6.20 Å². The molecule has 0 aliphatic heterocycles. The predicted octanol–water partition coefficient (Wildman–Crippen LogP) is 2.47. The van der Waals surface area contributed by atoms with Crippen LogP contribution in [0.4, 0.5) is 0 Å². The number of hydrogen-bond donors (Lipinski definition) is 2. The maximum atomic E-state index is 12.2. The third-order valence-corrected chi connectivity index (χ3v) is 4.43. The van der Waals surface area contributed by atoms with Gasteiger partial charge in [0.15, 0.2) is 0 Å². The first kappa shape index (κ1) is 16.6. The summed E-state index contributed by atoms with van der Waals surface area (Å²) in [5.41, 5.74) is 2.70. The zero-order valence-electron chi connectivity index (χ0n) is 12.8. The van der Waals surface area contributed by atoms with Crippen LogP contribution in [0.1, 0.15) is 36.2 Å². The van der Waals surface area contributed by atoms with Crippen molar-refractivity contribution in [3.8, 4) is 0 Å². The van der Waals surface area contributed by atoms with Crippen LogP contribution in [-0.4, -0.2) is 13.4 Å². The minimum absolute atomic E-state index is 0.258. The normalized spacial score (nSPS) is 13.0. The number of aryl methyl sites for hydroxylation is 1. The molecule has 1 atom stereocenters. The number of pyridine rings is 1. The molecule has 1 heterocycles. The first-order chi connectivity index (χ1) is 10.5. The Hall–Kier alpha value is -1.76. The van der Waals surface area contributed by atoms with E-state index in [2.05, 4.69) is 14.4 Å². The molecule has 1 aromatic heterocycles. The van der Waals surface area contributed by atoms with E-state index in [1.807, 2.05) is 56.3 Å². The van der Waals surface area contributed by atoms with Crippen LogP contribution in [0.15, 0.2) is 48.7 Å². The maximum absolute atomic E-state index is 12.2. The Kier molecular flexibility index (Phi) is 5.65. The smallest absolute Gasteiger partial charge is 0.260 e. The largest absolute Gasteiger partial charge is 0.277 e. The number of hydrogen-bond acceptors (Lipinski definition) is 3. The van der Waals surface area contributed by atoms with Crippen molar-refractivity contribution < 1.29 is 8.42 Å². The van der Waals surface area contributed by atoms with Gasteiger partial charge in [-0.05, 0) is 36.6 Å². The molecule has 5 nitrogen and oxygen atoms in total. The first-order valence-corrected chi connectivity index (χ1v) is 8.72. The lowest BCUT2D eigenvalue weighted by Crippen LogP contribution is -2.38. The summed E-state index contributed by atoms with van der Waals surface area (Å²) in [6, 6.07) is 12.8. The molecule has 0 aliphatic rings. The van der Waals surface area contributed by atoms with Gasteiger partial charge in [-0.15, -0.1) is 0 Å². The van der Waals surface area contributed by atoms with Crippen LogP contribution in [0.25, 0.3) is 0 Å². The fraction of sp³-hybridized carbons (Fsp3) is 0.312. The standard InChI is InChI=1S/C16H21N3O2S/c1-3-15(16-11-13(2)9-10-17-16)19-22(20,21)18-12-14-7-5-4-6-8-14/h4-11,15,18-19H,3,12H2,1-2H3. The summed E-state index contributed by atoms with van der Waals surface area (Å²) in [5, 5.41) is 0. The molecule has 118 valence electrons. The molecule has 0 saturated heterocycles. The van der Waals surface area contributed by atoms with Gasteiger partial charge in [0.1, 0.15) is 0 Å². The van der Waals surface area contributed by atoms with Crippen LogP contribution in [0.5, 0.6) is 0 Å². The van der Waals surface area contributed by atoms with Crippen LogP contribution >= 0.6 is 0 Å². The van der Waals surface area contributed by atoms with Crippen molar-refractivity contribution in [3.63, 3.8) is 0 Å². The Labute approximate surface area is 132 Å². The second-order valence-corrected chi connectivity index (χ2v) is 6.68. The van der Waals surface area contributed by atoms with Crippen molar-refractivity contribution in [3.05, 3.63) is 65.5 Å². The molecule has 0 fully saturated rings. The van der Waals surface area contributed by atoms with E-state index in [-0.39, 0.29) is 12.6 Å². The third kappa shape index (κ3) is 4.91. The molecule has 6 heteroatoms. The van der Waals surface area contributed by atoms with Gasteiger partial charge in [-0.25, -0.2) is 0 Å². The van der Waals surface area contributed by atoms with Gasteiger partial charge in [0.2, 0.25) is 0 Å². The Morgan fingerprint density at radius 1 is 1.18 bits per heavy atom. The summed E-state index contributed by atoms with van der Waals surface area (Å²) < 4.78 is 29.6. The van der Waals surface area contributed by atoms with Crippen molar-refractivity contribution in [1.29, 1.82) is 0 Å². The van der Waals surface area contributed by atoms with Gasteiger partial charge in [0.05, 0.1) is 11.7 Å². The first-order valence-electron chi connectivity index (χ1n) is 7.23. The van der Waals surface area contributed by atoms with Gasteiger partial charge < -0.3 is 0 Å². The zero-order valence-corrected chi connectivity index (χ0v) is 13.6. The fourth-order valence-electron chi connectivity index (χ4n) is 2.11. The number of aromatic nitrogens is 1. The molecule has 2 rings (SSSR count). The number of rotatable bonds is 7. The summed E-state index contributed by atoms with van der Waals surface area (Å²) in [6.45, 7) is 4.14. The molecule has 2 aromatic rings. The second-order valence-electron chi connectivity index (χ2n) is 5.15. The van der Waals surface area contributed by atoms with Crippen LogP contribution in [-0.2, 0) is 16.8 Å². The van der Waals surface area contributed by atoms with E-state index >= 15 is 0 Å². The summed E-state index contributed by atoms with van der Waals surface area (Å²) >= 11 is 0. The van der Waals surface area contributed by atoms with Crippen LogP contribution < -0.4 is 9.44 Å². The lowest BCUT2D eigenvalue weighted by Gasteiger charge is -2.17. The number of nitrogens with zero attached hydrogens (tertiary/aromatic N) is 1. The maximum Gasteiger partial charge on any atom is 0.277 e. The highest BCUT2D eigenvalue weighted by molar-refractivity contribution is 7.87. The Balaban J connectivity index is 2.03. The van der Waals surface area contributed by atoms with Crippen molar-refractivity contribution in [2.45, 2.75) is 32.9 Å². The SMILES string of the molecule is CCC(NS(=O)(=O)NCc1ccccc1)c1cc(C)ccn1. The van der Waals surface area contributed by atoms with Crippen molar-refractivity contribution in [1.82, 2.24) is 14.4 Å². The Morgan fingerprint density at radius 2 is 1.91 bits per heavy atom. The molecule has 1 unspecified atom stereocenters. The lowest BCUT2D eigenvalue weighted by molar-refractivity contribution is 0.531. The molecule has 2 N–H and O–H groups in total. The highest BCUT2D eigenvalue weighted by Crippen LogP contribution is 2.16. The van der Waals surface area contributed by atoms with Gasteiger partial charge in [-0.2, -0.15) is 17.9 Å². The predicted molar refractivity (Wildman–Crippen MR) is 87.3 cm³/mol. The van der Waals surface area contributed by atoms with Gasteiger partial charge in [-0.3, -0.25) is 4.98 Å². The summed E-state index contributed by atoms with van der Waals surface area (Å²) in [6.07, 6.45) is 2.32. The third-order valence-electron chi connectivity index (χ3n) is 3.31. The molecule has 1 aromatic carbocycles. The van der Waals surface area contributed by atoms with Gasteiger partial charge in [0, 0.05) is 12.7 Å². The molecule has 0 bridgehead atoms. The van der Waals surface area contributed by atoms with Gasteiger partial charge in [-0.1, -0.05) is 37.3 Å². The molecule has 22 heavy (non-hydrogen) atoms. The molecule has 0 spiro atoms. The topological polar surface area (TPSA) is 71.1 Å². The van der Waals surface area contributed by atoms with Crippen molar-refractivity contribution in [2.24, 2.45) is 0 Å². The van der Waals surface area contributed by atoms with E-state index in [1.165, 1.54) is 0 Å². The molecular formula is C16H21N3O2S. The minimum Gasteiger partial charge on any atom is -0.260 e. The molecular weight excluding hydrogens is 298 g/mol. The van der Waals surface area contributed by atoms with E-state index in [0.717, 1.165) is 16.8 Å². The Morgan fingerprint density at radius 3 is 2.55 bits per heavy atom. The summed E-state index contributed by atoms with van der Waals surface area (Å²) in [5.74, 6) is 0. The van der Waals surface area contributed by atoms with Crippen molar-refractivity contribution >= 4 is 10.2 Å². The van der Waals surface area contributed by atoms with E-state index in [9.17, 15) is 8.42 Å². The average Bonchev–Trinajstić information content (AvgIpc) is 2.52. The number of nitrogens with one attached hydrogen (secondary N) is 2. The molecule has 0 radical (unpaired) electrons. The lowest BCUT2D eigenvalue weighted by atomic mass is 10.1. The number of benzene rings is 1. The second kappa shape index (κ2) is 7.49. The minimum atomic E-state index is -3.59. The van der Waals surface area contributed by atoms with Crippen molar-refractivity contribution in [2.75, 3.05) is 0 Å². The van der Waals surface area contributed by atoms with Crippen LogP contribution in [0, 0.1) is 6.92 Å². The van der Waals surface area contributed by atoms with Gasteiger partial charge in [0.25, 0.3) is 10.2 Å². The molecule has 0 amide bonds. The molecule has 0 saturated carbocycles. The zero-order chi connectivity index (χ0) is 16.0.